The summed E-state index contributed by atoms with van der Waals surface area (Å²) in [6.45, 7) is 5.72. The number of carbonyl (C=O) groups is 1. The molecular formula is C11H22NO6S+. The molecule has 0 radical (unpaired) electrons. The van der Waals surface area contributed by atoms with Gasteiger partial charge in [-0.1, -0.05) is 6.92 Å². The summed E-state index contributed by atoms with van der Waals surface area (Å²) in [5.74, 6) is -1.55. The van der Waals surface area contributed by atoms with E-state index in [2.05, 4.69) is 4.18 Å². The van der Waals surface area contributed by atoms with Crippen molar-refractivity contribution in [1.82, 2.24) is 0 Å². The number of nitrogens with zero attached hydrogens (tertiary/aromatic N) is 1. The van der Waals surface area contributed by atoms with Crippen molar-refractivity contribution in [2.24, 2.45) is 0 Å². The van der Waals surface area contributed by atoms with E-state index in [1.165, 1.54) is 6.92 Å². The van der Waals surface area contributed by atoms with Gasteiger partial charge in [0, 0.05) is 0 Å². The summed E-state index contributed by atoms with van der Waals surface area (Å²) in [5.41, 5.74) is -0.243. The molecule has 0 heterocycles. The van der Waals surface area contributed by atoms with Crippen LogP contribution in [0.4, 0.5) is 0 Å². The number of aliphatic hydroxyl groups excluding tert-OH is 1. The molecule has 0 spiro atoms. The Morgan fingerprint density at radius 2 is 1.84 bits per heavy atom. The highest BCUT2D eigenvalue weighted by Crippen LogP contribution is 2.18. The van der Waals surface area contributed by atoms with Crippen molar-refractivity contribution < 1.29 is 31.5 Å². The largest absolute Gasteiger partial charge is 0.506 e. The predicted molar refractivity (Wildman–Crippen MR) is 69.7 cm³/mol. The average Bonchev–Trinajstić information content (AvgIpc) is 2.23. The van der Waals surface area contributed by atoms with E-state index in [4.69, 9.17) is 4.55 Å². The molecule has 0 fully saturated rings. The van der Waals surface area contributed by atoms with Gasteiger partial charge in [-0.25, -0.2) is 4.79 Å². The maximum atomic E-state index is 11.4. The zero-order chi connectivity index (χ0) is 15.4. The van der Waals surface area contributed by atoms with Crippen molar-refractivity contribution in [3.05, 3.63) is 11.3 Å². The van der Waals surface area contributed by atoms with Gasteiger partial charge < -0.3 is 13.8 Å². The summed E-state index contributed by atoms with van der Waals surface area (Å²) < 4.78 is 33.5. The fourth-order valence-electron chi connectivity index (χ4n) is 1.68. The second kappa shape index (κ2) is 6.36. The van der Waals surface area contributed by atoms with Crippen LogP contribution in [-0.4, -0.2) is 55.2 Å². The topological polar surface area (TPSA) is 101 Å². The summed E-state index contributed by atoms with van der Waals surface area (Å²) >= 11 is 0. The Morgan fingerprint density at radius 3 is 2.21 bits per heavy atom. The van der Waals surface area contributed by atoms with Crippen molar-refractivity contribution in [2.45, 2.75) is 33.2 Å². The van der Waals surface area contributed by atoms with E-state index in [1.807, 2.05) is 21.0 Å². The third kappa shape index (κ3) is 5.58. The molecule has 1 atom stereocenters. The average molecular weight is 296 g/mol. The van der Waals surface area contributed by atoms with Crippen LogP contribution in [0.1, 0.15) is 27.2 Å². The molecule has 0 aliphatic carbocycles. The Labute approximate surface area is 114 Å². The van der Waals surface area contributed by atoms with Gasteiger partial charge in [0.15, 0.2) is 5.76 Å². The first-order valence-electron chi connectivity index (χ1n) is 5.86. The fraction of sp³-hybridized carbons (Fsp3) is 0.727. The van der Waals surface area contributed by atoms with Gasteiger partial charge in [-0.05, 0) is 20.3 Å². The second-order valence-corrected chi connectivity index (χ2v) is 6.01. The van der Waals surface area contributed by atoms with Crippen LogP contribution in [0.15, 0.2) is 11.3 Å². The maximum Gasteiger partial charge on any atom is 0.449 e. The van der Waals surface area contributed by atoms with Crippen molar-refractivity contribution >= 4 is 16.4 Å². The van der Waals surface area contributed by atoms with Crippen LogP contribution in [-0.2, 0) is 19.4 Å². The normalized spacial score (nSPS) is 15.7. The summed E-state index contributed by atoms with van der Waals surface area (Å²) in [7, 11) is -1.11. The van der Waals surface area contributed by atoms with Crippen molar-refractivity contribution in [3.8, 4) is 0 Å². The van der Waals surface area contributed by atoms with E-state index in [0.29, 0.717) is 4.48 Å². The Balaban J connectivity index is 5.19. The number of quaternary nitrogens is 1. The highest BCUT2D eigenvalue weighted by Gasteiger charge is 2.30. The smallest absolute Gasteiger partial charge is 0.449 e. The van der Waals surface area contributed by atoms with Crippen LogP contribution in [0, 0.1) is 0 Å². The molecule has 0 rings (SSSR count). The van der Waals surface area contributed by atoms with Crippen LogP contribution in [0.5, 0.6) is 0 Å². The molecule has 0 saturated carbocycles. The molecule has 8 heteroatoms. The molecule has 0 aromatic carbocycles. The molecule has 2 N–H and O–H groups in total. The van der Waals surface area contributed by atoms with Crippen LogP contribution < -0.4 is 0 Å². The molecule has 0 aliphatic heterocycles. The monoisotopic (exact) mass is 296 g/mol. The van der Waals surface area contributed by atoms with Crippen LogP contribution in [0.25, 0.3) is 0 Å². The fourth-order valence-corrected chi connectivity index (χ4v) is 1.99. The first kappa shape index (κ1) is 17.9. The van der Waals surface area contributed by atoms with E-state index < -0.39 is 22.4 Å². The van der Waals surface area contributed by atoms with Crippen LogP contribution in [0.3, 0.4) is 0 Å². The molecule has 1 unspecified atom stereocenters. The van der Waals surface area contributed by atoms with Crippen molar-refractivity contribution in [2.75, 3.05) is 20.6 Å². The molecule has 0 aliphatic rings. The summed E-state index contributed by atoms with van der Waals surface area (Å²) in [4.78, 5) is 11.4. The van der Waals surface area contributed by atoms with Crippen molar-refractivity contribution in [1.29, 1.82) is 0 Å². The molecule has 0 aromatic heterocycles. The Morgan fingerprint density at radius 1 is 1.37 bits per heavy atom. The lowest BCUT2D eigenvalue weighted by atomic mass is 10.1. The minimum Gasteiger partial charge on any atom is -0.506 e. The Hall–Kier alpha value is -1.12. The quantitative estimate of drug-likeness (QED) is 0.329. The first-order valence-corrected chi connectivity index (χ1v) is 7.22. The summed E-state index contributed by atoms with van der Waals surface area (Å²) in [6, 6.07) is -0.408. The minimum atomic E-state index is -4.87. The predicted octanol–water partition coefficient (Wildman–Crippen LogP) is 1.04. The van der Waals surface area contributed by atoms with Gasteiger partial charge in [0.1, 0.15) is 6.04 Å². The van der Waals surface area contributed by atoms with Gasteiger partial charge in [-0.2, -0.15) is 8.42 Å². The van der Waals surface area contributed by atoms with E-state index in [9.17, 15) is 18.3 Å². The number of aliphatic hydroxyl groups is 1. The molecule has 0 amide bonds. The van der Waals surface area contributed by atoms with E-state index in [1.54, 1.807) is 6.92 Å². The highest BCUT2D eigenvalue weighted by molar-refractivity contribution is 7.81. The molecule has 112 valence electrons. The van der Waals surface area contributed by atoms with Crippen LogP contribution in [0.2, 0.25) is 0 Å². The lowest BCUT2D eigenvalue weighted by Crippen LogP contribution is -2.49. The third-order valence-corrected chi connectivity index (χ3v) is 3.48. The zero-order valence-corrected chi connectivity index (χ0v) is 12.7. The Bertz CT molecular complexity index is 466. The van der Waals surface area contributed by atoms with Gasteiger partial charge in [0.25, 0.3) is 0 Å². The number of hydrogen-bond donors (Lipinski definition) is 2. The van der Waals surface area contributed by atoms with Crippen LogP contribution >= 0.6 is 0 Å². The minimum absolute atomic E-state index is 0.243. The molecule has 0 aromatic rings. The molecule has 0 bridgehead atoms. The lowest BCUT2D eigenvalue weighted by Gasteiger charge is -2.35. The summed E-state index contributed by atoms with van der Waals surface area (Å²) in [6.07, 6.45) is 0.888. The standard InChI is InChI=1S/C11H21NO6S/c1-6-7-12(4,5)9(3)10(13)8(2)11(14)18-19(15,16)17/h9H,6-7H2,1-5H3,(H-,13,14,15,16,17)/p+1. The number of hydrogen-bond acceptors (Lipinski definition) is 5. The molecule has 7 nitrogen and oxygen atoms in total. The highest BCUT2D eigenvalue weighted by atomic mass is 32.3. The van der Waals surface area contributed by atoms with Gasteiger partial charge in [-0.3, -0.25) is 4.55 Å². The molecular weight excluding hydrogens is 274 g/mol. The Kier molecular flexibility index (Phi) is 5.98. The van der Waals surface area contributed by atoms with E-state index in [0.717, 1.165) is 13.0 Å². The number of likely N-dealkylation sites (N-methyl/N-ethyl adjacent to an activating group) is 1. The molecule has 0 saturated heterocycles. The van der Waals surface area contributed by atoms with E-state index in [-0.39, 0.29) is 11.3 Å². The van der Waals surface area contributed by atoms with E-state index >= 15 is 0 Å². The first-order chi connectivity index (χ1) is 8.42. The zero-order valence-electron chi connectivity index (χ0n) is 11.9. The maximum absolute atomic E-state index is 11.4. The summed E-state index contributed by atoms with van der Waals surface area (Å²) in [5, 5.41) is 10.0. The van der Waals surface area contributed by atoms with Gasteiger partial charge in [0.05, 0.1) is 26.2 Å². The van der Waals surface area contributed by atoms with Gasteiger partial charge in [-0.15, -0.1) is 0 Å². The van der Waals surface area contributed by atoms with Gasteiger partial charge >= 0.3 is 16.4 Å². The third-order valence-electron chi connectivity index (χ3n) is 3.12. The second-order valence-electron chi connectivity index (χ2n) is 4.99. The number of carbonyl (C=O) groups excluding carboxylic acids is 1. The lowest BCUT2D eigenvalue weighted by molar-refractivity contribution is -0.909. The SMILES string of the molecule is CCC[N+](C)(C)C(C)C(O)=C(C)C(=O)OS(=O)(=O)O. The van der Waals surface area contributed by atoms with Gasteiger partial charge in [0.2, 0.25) is 0 Å². The number of rotatable bonds is 6. The molecule has 19 heavy (non-hydrogen) atoms. The van der Waals surface area contributed by atoms with Crippen molar-refractivity contribution in [3.63, 3.8) is 0 Å².